The summed E-state index contributed by atoms with van der Waals surface area (Å²) in [5, 5.41) is 34.3. The molecule has 18 nitrogen and oxygen atoms in total. The third kappa shape index (κ3) is 18.8. The van der Waals surface area contributed by atoms with Crippen molar-refractivity contribution >= 4 is 65.3 Å². The number of unbranched alkanes of at least 4 members (excludes halogenated alkanes) is 3. The van der Waals surface area contributed by atoms with E-state index in [1.807, 2.05) is 12.1 Å². The second-order valence-electron chi connectivity index (χ2n) is 15.9. The highest BCUT2D eigenvalue weighted by atomic mass is 16.5. The lowest BCUT2D eigenvalue weighted by Crippen LogP contribution is -2.31. The molecule has 18 heteroatoms. The van der Waals surface area contributed by atoms with Gasteiger partial charge in [0.25, 0.3) is 5.56 Å². The average molecular weight is 915 g/mol. The maximum atomic E-state index is 12.8. The quantitative estimate of drug-likeness (QED) is 0.0141. The van der Waals surface area contributed by atoms with E-state index in [-0.39, 0.29) is 65.5 Å². The van der Waals surface area contributed by atoms with Gasteiger partial charge in [0.2, 0.25) is 23.8 Å². The Morgan fingerprint density at radius 2 is 1.16 bits per heavy atom. The summed E-state index contributed by atoms with van der Waals surface area (Å²) in [5.74, 6) is -0.0860. The number of aromatic nitrogens is 5. The summed E-state index contributed by atoms with van der Waals surface area (Å²) in [5.41, 5.74) is 2.39. The highest BCUT2D eigenvalue weighted by Gasteiger charge is 2.17. The van der Waals surface area contributed by atoms with Crippen LogP contribution in [0.4, 0.5) is 40.0 Å². The number of nitrogens with zero attached hydrogens (tertiary/aromatic N) is 6. The lowest BCUT2D eigenvalue weighted by atomic mass is 10.0. The van der Waals surface area contributed by atoms with Crippen LogP contribution in [0.2, 0.25) is 0 Å². The van der Waals surface area contributed by atoms with Gasteiger partial charge in [0.1, 0.15) is 23.3 Å². The minimum atomic E-state index is -0.655. The number of hydrogen-bond acceptors (Lipinski definition) is 15. The Kier molecular flexibility index (Phi) is 22.0. The Morgan fingerprint density at radius 1 is 0.687 bits per heavy atom. The van der Waals surface area contributed by atoms with Gasteiger partial charge in [0.05, 0.1) is 13.2 Å². The number of H-pyrrole nitrogens is 1. The van der Waals surface area contributed by atoms with Gasteiger partial charge >= 0.3 is 18.0 Å². The first-order chi connectivity index (χ1) is 32.4. The molecule has 0 saturated heterocycles. The summed E-state index contributed by atoms with van der Waals surface area (Å²) < 4.78 is 11.0. The molecular formula is C49H62N12O6. The van der Waals surface area contributed by atoms with Crippen LogP contribution in [-0.2, 0) is 19.1 Å². The zero-order valence-electron chi connectivity index (χ0n) is 39.0. The molecule has 0 bridgehead atoms. The fraction of sp³-hybridized carbons (Fsp3) is 0.429. The molecule has 0 saturated carbocycles. The van der Waals surface area contributed by atoms with Gasteiger partial charge in [-0.05, 0) is 92.0 Å². The van der Waals surface area contributed by atoms with Crippen LogP contribution in [0, 0.1) is 41.4 Å². The van der Waals surface area contributed by atoms with Crippen LogP contribution in [0.5, 0.6) is 0 Å². The van der Waals surface area contributed by atoms with Crippen molar-refractivity contribution in [3.8, 4) is 12.1 Å². The summed E-state index contributed by atoms with van der Waals surface area (Å²) in [6.07, 6.45) is 12.1. The zero-order valence-corrected chi connectivity index (χ0v) is 39.0. The second kappa shape index (κ2) is 28.3. The maximum Gasteiger partial charge on any atom is 0.348 e. The van der Waals surface area contributed by atoms with Crippen molar-refractivity contribution in [2.45, 2.75) is 98.8 Å². The summed E-state index contributed by atoms with van der Waals surface area (Å²) >= 11 is 0. The van der Waals surface area contributed by atoms with E-state index in [0.29, 0.717) is 54.1 Å². The number of aromatic amines is 1. The van der Waals surface area contributed by atoms with Gasteiger partial charge in [-0.1, -0.05) is 90.5 Å². The van der Waals surface area contributed by atoms with Crippen molar-refractivity contribution in [1.29, 1.82) is 10.5 Å². The molecule has 354 valence electrons. The minimum Gasteiger partial charge on any atom is -0.461 e. The van der Waals surface area contributed by atoms with E-state index in [1.54, 1.807) is 55.5 Å². The number of carbonyl (C=O) groups is 3. The van der Waals surface area contributed by atoms with Crippen molar-refractivity contribution in [1.82, 2.24) is 30.2 Å². The number of aryl methyl sites for hydroxylation is 1. The minimum absolute atomic E-state index is 0.0561. The lowest BCUT2D eigenvalue weighted by molar-refractivity contribution is -0.140. The third-order valence-corrected chi connectivity index (χ3v) is 10.5. The van der Waals surface area contributed by atoms with Crippen LogP contribution >= 0.6 is 0 Å². The molecule has 0 radical (unpaired) electrons. The summed E-state index contributed by atoms with van der Waals surface area (Å²) in [6.45, 7) is 11.4. The van der Waals surface area contributed by atoms with Crippen LogP contribution in [0.25, 0.3) is 12.2 Å². The molecule has 4 rings (SSSR count). The van der Waals surface area contributed by atoms with Crippen molar-refractivity contribution in [3.05, 3.63) is 92.9 Å². The number of benzene rings is 2. The number of ether oxygens (including phenoxy) is 2. The number of carbonyl (C=O) groups excluding carboxylic acids is 3. The van der Waals surface area contributed by atoms with E-state index >= 15 is 0 Å². The van der Waals surface area contributed by atoms with Gasteiger partial charge in [-0.15, -0.1) is 0 Å². The molecule has 0 fully saturated rings. The second-order valence-corrected chi connectivity index (χ2v) is 15.9. The Labute approximate surface area is 392 Å². The standard InChI is InChI=1S/C49H62N12O6/c1-6-10-14-34(8-3)31-66-43(63)38(29-50)27-36-16-20-40(21-17-36)55-47-58-45(52-24-12-13-25-53-49(65)61-46-54-33(5)26-42(62)57-46)59-48(60-47)56-41-22-18-37(19-23-41)28-39(30-51)44(64)67-32-35(9-4)15-11-7-2/h16-23,26-28,34-35H,6-15,24-25,31-32H2,1-5H3,(H3,52,55,56,58,59,60)(H3,53,54,57,61,62,65). The van der Waals surface area contributed by atoms with Crippen LogP contribution < -0.4 is 32.1 Å². The van der Waals surface area contributed by atoms with Crippen molar-refractivity contribution in [2.24, 2.45) is 11.8 Å². The van der Waals surface area contributed by atoms with Crippen molar-refractivity contribution < 1.29 is 23.9 Å². The predicted molar refractivity (Wildman–Crippen MR) is 259 cm³/mol. The predicted octanol–water partition coefficient (Wildman–Crippen LogP) is 9.10. The largest absolute Gasteiger partial charge is 0.461 e. The number of rotatable bonds is 27. The number of nitrogens with one attached hydrogen (secondary N) is 6. The van der Waals surface area contributed by atoms with Crippen LogP contribution in [0.1, 0.15) is 109 Å². The first-order valence-electron chi connectivity index (χ1n) is 22.9. The fourth-order valence-electron chi connectivity index (χ4n) is 6.54. The van der Waals surface area contributed by atoms with E-state index in [0.717, 1.165) is 51.4 Å². The topological polar surface area (TPSA) is 262 Å². The van der Waals surface area contributed by atoms with Gasteiger partial charge in [0, 0.05) is 36.2 Å². The lowest BCUT2D eigenvalue weighted by Gasteiger charge is -2.14. The summed E-state index contributed by atoms with van der Waals surface area (Å²) in [4.78, 5) is 69.8. The van der Waals surface area contributed by atoms with Gasteiger partial charge in [-0.3, -0.25) is 15.1 Å². The van der Waals surface area contributed by atoms with E-state index in [1.165, 1.54) is 18.2 Å². The normalized spacial score (nSPS) is 12.2. The fourth-order valence-corrected chi connectivity index (χ4v) is 6.54. The maximum absolute atomic E-state index is 12.8. The number of esters is 2. The number of hydrogen-bond donors (Lipinski definition) is 6. The molecule has 2 atom stereocenters. The van der Waals surface area contributed by atoms with Gasteiger partial charge in [-0.25, -0.2) is 19.4 Å². The summed E-state index contributed by atoms with van der Waals surface area (Å²) in [7, 11) is 0. The van der Waals surface area contributed by atoms with Gasteiger partial charge < -0.3 is 30.7 Å². The van der Waals surface area contributed by atoms with Crippen molar-refractivity contribution in [2.75, 3.05) is 47.6 Å². The van der Waals surface area contributed by atoms with E-state index in [4.69, 9.17) is 9.47 Å². The smallest absolute Gasteiger partial charge is 0.348 e. The summed E-state index contributed by atoms with van der Waals surface area (Å²) in [6, 6.07) is 18.8. The highest BCUT2D eigenvalue weighted by Crippen LogP contribution is 2.22. The number of amides is 2. The van der Waals surface area contributed by atoms with Gasteiger partial charge in [0.15, 0.2) is 0 Å². The molecule has 2 unspecified atom stereocenters. The molecule has 67 heavy (non-hydrogen) atoms. The molecule has 0 spiro atoms. The van der Waals surface area contributed by atoms with Crippen molar-refractivity contribution in [3.63, 3.8) is 0 Å². The van der Waals surface area contributed by atoms with Crippen LogP contribution in [-0.4, -0.2) is 69.2 Å². The molecule has 2 aromatic carbocycles. The molecule has 6 N–H and O–H groups in total. The molecule has 0 aliphatic heterocycles. The molecular weight excluding hydrogens is 853 g/mol. The Hall–Kier alpha value is -7.60. The van der Waals surface area contributed by atoms with E-state index in [9.17, 15) is 29.7 Å². The molecule has 2 heterocycles. The molecule has 0 aliphatic rings. The first-order valence-corrected chi connectivity index (χ1v) is 22.9. The Balaban J connectivity index is 1.44. The van der Waals surface area contributed by atoms with E-state index < -0.39 is 18.0 Å². The highest BCUT2D eigenvalue weighted by molar-refractivity contribution is 5.98. The first kappa shape index (κ1) is 52.0. The number of anilines is 6. The third-order valence-electron chi connectivity index (χ3n) is 10.5. The van der Waals surface area contributed by atoms with Crippen LogP contribution in [0.3, 0.4) is 0 Å². The molecule has 0 aliphatic carbocycles. The Morgan fingerprint density at radius 3 is 1.61 bits per heavy atom. The van der Waals surface area contributed by atoms with Crippen LogP contribution in [0.15, 0.2) is 70.5 Å². The average Bonchev–Trinajstić information content (AvgIpc) is 3.31. The SMILES string of the molecule is CCCCC(CC)COC(=O)C(C#N)=Cc1ccc(Nc2nc(NCCCCNC(=O)Nc3nc(C)cc(=O)[nH]3)nc(Nc3ccc(C=C(C#N)C(=O)OCC(CC)CCCC)cc3)n2)cc1. The molecule has 2 amide bonds. The van der Waals surface area contributed by atoms with Gasteiger partial charge in [-0.2, -0.15) is 25.5 Å². The number of nitriles is 2. The zero-order chi connectivity index (χ0) is 48.4. The molecule has 4 aromatic rings. The number of urea groups is 1. The monoisotopic (exact) mass is 914 g/mol. The molecule has 2 aromatic heterocycles. The van der Waals surface area contributed by atoms with E-state index in [2.05, 4.69) is 79.2 Å². The Bertz CT molecular complexity index is 2310.